The summed E-state index contributed by atoms with van der Waals surface area (Å²) in [4.78, 5) is 15.5. The van der Waals surface area contributed by atoms with Crippen LogP contribution in [0.3, 0.4) is 0 Å². The Morgan fingerprint density at radius 1 is 1.19 bits per heavy atom. The average Bonchev–Trinajstić information content (AvgIpc) is 2.38. The van der Waals surface area contributed by atoms with E-state index in [9.17, 15) is 23.1 Å². The van der Waals surface area contributed by atoms with Crippen LogP contribution in [0, 0.1) is 5.92 Å². The van der Waals surface area contributed by atoms with Gasteiger partial charge in [0, 0.05) is 31.7 Å². The summed E-state index contributed by atoms with van der Waals surface area (Å²) < 4.78 is 38.4. The summed E-state index contributed by atoms with van der Waals surface area (Å²) in [6, 6.07) is 0. The van der Waals surface area contributed by atoms with Crippen LogP contribution in [0.15, 0.2) is 0 Å². The smallest absolute Gasteiger partial charge is 0.391 e. The summed E-state index contributed by atoms with van der Waals surface area (Å²) in [5.41, 5.74) is -0.588. The average molecular weight is 308 g/mol. The van der Waals surface area contributed by atoms with Gasteiger partial charge < -0.3 is 10.0 Å². The Bertz CT molecular complexity index is 371. The van der Waals surface area contributed by atoms with Gasteiger partial charge in [-0.2, -0.15) is 13.2 Å². The molecule has 7 heteroatoms. The molecule has 0 amide bonds. The van der Waals surface area contributed by atoms with Crippen LogP contribution in [-0.2, 0) is 4.79 Å². The van der Waals surface area contributed by atoms with Crippen molar-refractivity contribution in [3.05, 3.63) is 0 Å². The predicted molar refractivity (Wildman–Crippen MR) is 72.1 cm³/mol. The Morgan fingerprint density at radius 3 is 2.14 bits per heavy atom. The van der Waals surface area contributed by atoms with E-state index in [1.807, 2.05) is 7.05 Å². The van der Waals surface area contributed by atoms with Gasteiger partial charge in [-0.3, -0.25) is 9.69 Å². The lowest BCUT2D eigenvalue weighted by molar-refractivity contribution is -0.190. The lowest BCUT2D eigenvalue weighted by atomic mass is 9.73. The van der Waals surface area contributed by atoms with Crippen molar-refractivity contribution in [3.8, 4) is 0 Å². The zero-order valence-corrected chi connectivity index (χ0v) is 12.3. The largest absolute Gasteiger partial charge is 0.481 e. The number of alkyl halides is 3. The number of rotatable bonds is 3. The van der Waals surface area contributed by atoms with Gasteiger partial charge in [-0.15, -0.1) is 0 Å². The lowest BCUT2D eigenvalue weighted by Crippen LogP contribution is -2.59. The highest BCUT2D eigenvalue weighted by Gasteiger charge is 2.48. The molecule has 21 heavy (non-hydrogen) atoms. The molecule has 1 saturated heterocycles. The molecule has 122 valence electrons. The van der Waals surface area contributed by atoms with E-state index < -0.39 is 23.6 Å². The second-order valence-corrected chi connectivity index (χ2v) is 6.40. The third-order valence-corrected chi connectivity index (χ3v) is 5.03. The molecule has 0 spiro atoms. The summed E-state index contributed by atoms with van der Waals surface area (Å²) >= 11 is 0. The summed E-state index contributed by atoms with van der Waals surface area (Å²) in [5.74, 6) is -2.19. The number of halogens is 3. The molecule has 0 unspecified atom stereocenters. The monoisotopic (exact) mass is 308 g/mol. The van der Waals surface area contributed by atoms with Gasteiger partial charge >= 0.3 is 12.1 Å². The minimum absolute atomic E-state index is 0.0448. The normalized spacial score (nSPS) is 33.0. The van der Waals surface area contributed by atoms with E-state index in [2.05, 4.69) is 9.80 Å². The summed E-state index contributed by atoms with van der Waals surface area (Å²) in [5, 5.41) is 9.18. The molecule has 2 aliphatic rings. The molecule has 0 radical (unpaired) electrons. The fraction of sp³-hybridized carbons (Fsp3) is 0.929. The molecule has 0 aromatic carbocycles. The molecule has 2 rings (SSSR count). The van der Waals surface area contributed by atoms with E-state index in [-0.39, 0.29) is 19.3 Å². The van der Waals surface area contributed by atoms with Crippen LogP contribution in [-0.4, -0.2) is 65.8 Å². The number of likely N-dealkylation sites (N-methyl/N-ethyl adjacent to an activating group) is 1. The Balaban J connectivity index is 2.07. The Labute approximate surface area is 122 Å². The molecule has 1 saturated carbocycles. The third-order valence-electron chi connectivity index (χ3n) is 5.03. The Morgan fingerprint density at radius 2 is 1.71 bits per heavy atom. The minimum Gasteiger partial charge on any atom is -0.481 e. The van der Waals surface area contributed by atoms with Crippen molar-refractivity contribution in [2.75, 3.05) is 33.2 Å². The molecule has 4 nitrogen and oxygen atoms in total. The van der Waals surface area contributed by atoms with Gasteiger partial charge in [0.25, 0.3) is 0 Å². The van der Waals surface area contributed by atoms with E-state index in [0.717, 1.165) is 26.2 Å². The number of aliphatic carboxylic acids is 1. The van der Waals surface area contributed by atoms with E-state index >= 15 is 0 Å². The Kier molecular flexibility index (Phi) is 4.82. The van der Waals surface area contributed by atoms with Crippen molar-refractivity contribution in [2.45, 2.75) is 43.8 Å². The van der Waals surface area contributed by atoms with Crippen LogP contribution in [0.4, 0.5) is 13.2 Å². The molecule has 1 aliphatic carbocycles. The molecule has 2 fully saturated rings. The van der Waals surface area contributed by atoms with E-state index in [4.69, 9.17) is 0 Å². The quantitative estimate of drug-likeness (QED) is 0.868. The van der Waals surface area contributed by atoms with E-state index in [1.54, 1.807) is 0 Å². The zero-order valence-electron chi connectivity index (χ0n) is 12.3. The highest BCUT2D eigenvalue weighted by Crippen LogP contribution is 2.45. The van der Waals surface area contributed by atoms with Crippen LogP contribution in [0.2, 0.25) is 0 Å². The number of nitrogens with zero attached hydrogens (tertiary/aromatic N) is 2. The van der Waals surface area contributed by atoms with Gasteiger partial charge in [-0.05, 0) is 32.7 Å². The van der Waals surface area contributed by atoms with Gasteiger partial charge in [-0.1, -0.05) is 0 Å². The first kappa shape index (κ1) is 16.5. The van der Waals surface area contributed by atoms with Crippen LogP contribution in [0.1, 0.15) is 32.1 Å². The molecule has 0 bridgehead atoms. The first-order chi connectivity index (χ1) is 9.73. The van der Waals surface area contributed by atoms with Crippen LogP contribution < -0.4 is 0 Å². The van der Waals surface area contributed by atoms with E-state index in [0.29, 0.717) is 12.8 Å². The minimum atomic E-state index is -4.16. The zero-order chi connectivity index (χ0) is 15.7. The first-order valence-electron chi connectivity index (χ1n) is 7.45. The summed E-state index contributed by atoms with van der Waals surface area (Å²) in [6.07, 6.45) is -3.47. The second kappa shape index (κ2) is 6.12. The molecule has 1 N–H and O–H groups in total. The summed E-state index contributed by atoms with van der Waals surface area (Å²) in [6.45, 7) is 3.15. The van der Waals surface area contributed by atoms with Gasteiger partial charge in [0.05, 0.1) is 12.3 Å². The maximum Gasteiger partial charge on any atom is 0.391 e. The van der Waals surface area contributed by atoms with Crippen LogP contribution >= 0.6 is 0 Å². The second-order valence-electron chi connectivity index (χ2n) is 6.40. The SMILES string of the molecule is CN1CCN(C2(CC(=O)O)CCC(C(F)(F)F)CC2)CC1. The number of hydrogen-bond acceptors (Lipinski definition) is 3. The number of hydrogen-bond donors (Lipinski definition) is 1. The topological polar surface area (TPSA) is 43.8 Å². The van der Waals surface area contributed by atoms with Crippen molar-refractivity contribution in [2.24, 2.45) is 5.92 Å². The maximum atomic E-state index is 12.8. The van der Waals surface area contributed by atoms with Crippen LogP contribution in [0.5, 0.6) is 0 Å². The fourth-order valence-electron chi connectivity index (χ4n) is 3.65. The van der Waals surface area contributed by atoms with Crippen molar-refractivity contribution in [3.63, 3.8) is 0 Å². The first-order valence-corrected chi connectivity index (χ1v) is 7.45. The lowest BCUT2D eigenvalue weighted by Gasteiger charge is -2.50. The van der Waals surface area contributed by atoms with Crippen molar-refractivity contribution in [1.29, 1.82) is 0 Å². The third kappa shape index (κ3) is 3.88. The van der Waals surface area contributed by atoms with E-state index in [1.165, 1.54) is 0 Å². The standard InChI is InChI=1S/C14H23F3N2O2/c1-18-6-8-19(9-7-18)13(10-12(20)21)4-2-11(3-5-13)14(15,16)17/h11H,2-10H2,1H3,(H,20,21). The van der Waals surface area contributed by atoms with Gasteiger partial charge in [0.1, 0.15) is 0 Å². The van der Waals surface area contributed by atoms with Crippen molar-refractivity contribution in [1.82, 2.24) is 9.80 Å². The highest BCUT2D eigenvalue weighted by molar-refractivity contribution is 5.68. The molecular formula is C14H23F3N2O2. The fourth-order valence-corrected chi connectivity index (χ4v) is 3.65. The van der Waals surface area contributed by atoms with Gasteiger partial charge in [-0.25, -0.2) is 0 Å². The maximum absolute atomic E-state index is 12.8. The molecule has 0 aromatic heterocycles. The number of carboxylic acids is 1. The number of carboxylic acid groups (broad SMARTS) is 1. The number of piperazine rings is 1. The van der Waals surface area contributed by atoms with Gasteiger partial charge in [0.2, 0.25) is 0 Å². The molecule has 1 heterocycles. The number of carbonyl (C=O) groups is 1. The molecule has 0 atom stereocenters. The Hall–Kier alpha value is -0.820. The molecular weight excluding hydrogens is 285 g/mol. The highest BCUT2D eigenvalue weighted by atomic mass is 19.4. The van der Waals surface area contributed by atoms with Crippen molar-refractivity contribution >= 4 is 5.97 Å². The van der Waals surface area contributed by atoms with Crippen molar-refractivity contribution < 1.29 is 23.1 Å². The molecule has 0 aromatic rings. The van der Waals surface area contributed by atoms with Gasteiger partial charge in [0.15, 0.2) is 0 Å². The summed E-state index contributed by atoms with van der Waals surface area (Å²) in [7, 11) is 2.00. The molecule has 1 aliphatic heterocycles. The van der Waals surface area contributed by atoms with Crippen LogP contribution in [0.25, 0.3) is 0 Å². The predicted octanol–water partition coefficient (Wildman–Crippen LogP) is 2.20.